The second-order valence-electron chi connectivity index (χ2n) is 4.25. The molecule has 3 nitrogen and oxygen atoms in total. The van der Waals surface area contributed by atoms with Gasteiger partial charge in [0.15, 0.2) is 5.82 Å². The summed E-state index contributed by atoms with van der Waals surface area (Å²) < 4.78 is 2.15. The molecule has 1 aromatic heterocycles. The molecule has 0 unspecified atom stereocenters. The SMILES string of the molecule is Cc1ccc(Cl)cc1-c1nncn1C1CC1. The second kappa shape index (κ2) is 3.59. The van der Waals surface area contributed by atoms with Gasteiger partial charge in [0.1, 0.15) is 6.33 Å². The minimum absolute atomic E-state index is 0.586. The third-order valence-corrected chi connectivity index (χ3v) is 3.19. The zero-order valence-corrected chi connectivity index (χ0v) is 9.78. The van der Waals surface area contributed by atoms with Gasteiger partial charge in [-0.2, -0.15) is 0 Å². The molecule has 2 aromatic rings. The van der Waals surface area contributed by atoms with E-state index in [9.17, 15) is 0 Å². The number of hydrogen-bond acceptors (Lipinski definition) is 2. The number of rotatable bonds is 2. The maximum absolute atomic E-state index is 6.02. The zero-order chi connectivity index (χ0) is 11.1. The second-order valence-corrected chi connectivity index (χ2v) is 4.69. The van der Waals surface area contributed by atoms with Gasteiger partial charge in [-0.1, -0.05) is 17.7 Å². The fourth-order valence-corrected chi connectivity index (χ4v) is 2.06. The molecule has 0 spiro atoms. The van der Waals surface area contributed by atoms with Gasteiger partial charge in [-0.05, 0) is 37.5 Å². The molecule has 1 heterocycles. The molecule has 0 aliphatic heterocycles. The normalized spacial score (nSPS) is 15.4. The van der Waals surface area contributed by atoms with Crippen LogP contribution in [0.2, 0.25) is 5.02 Å². The van der Waals surface area contributed by atoms with Crippen LogP contribution in [0.15, 0.2) is 24.5 Å². The monoisotopic (exact) mass is 233 g/mol. The molecular weight excluding hydrogens is 222 g/mol. The topological polar surface area (TPSA) is 30.7 Å². The van der Waals surface area contributed by atoms with Crippen LogP contribution < -0.4 is 0 Å². The first kappa shape index (κ1) is 9.85. The third-order valence-electron chi connectivity index (χ3n) is 2.95. The molecule has 0 N–H and O–H groups in total. The summed E-state index contributed by atoms with van der Waals surface area (Å²) in [5.74, 6) is 0.933. The summed E-state index contributed by atoms with van der Waals surface area (Å²) in [6.45, 7) is 2.07. The Balaban J connectivity index is 2.13. The van der Waals surface area contributed by atoms with Crippen molar-refractivity contribution in [3.8, 4) is 11.4 Å². The molecule has 82 valence electrons. The van der Waals surface area contributed by atoms with Crippen LogP contribution in [0.5, 0.6) is 0 Å². The molecule has 1 fully saturated rings. The highest BCUT2D eigenvalue weighted by molar-refractivity contribution is 6.30. The van der Waals surface area contributed by atoms with Crippen LogP contribution >= 0.6 is 11.6 Å². The fraction of sp³-hybridized carbons (Fsp3) is 0.333. The first-order valence-electron chi connectivity index (χ1n) is 5.42. The molecule has 16 heavy (non-hydrogen) atoms. The van der Waals surface area contributed by atoms with E-state index in [2.05, 4.69) is 21.7 Å². The maximum atomic E-state index is 6.02. The van der Waals surface area contributed by atoms with Crippen LogP contribution in [0.25, 0.3) is 11.4 Å². The number of benzene rings is 1. The molecule has 1 aromatic carbocycles. The van der Waals surface area contributed by atoms with Gasteiger partial charge in [0, 0.05) is 16.6 Å². The van der Waals surface area contributed by atoms with Crippen molar-refractivity contribution in [1.82, 2.24) is 14.8 Å². The fourth-order valence-electron chi connectivity index (χ4n) is 1.89. The maximum Gasteiger partial charge on any atom is 0.164 e. The predicted octanol–water partition coefficient (Wildman–Crippen LogP) is 3.24. The smallest absolute Gasteiger partial charge is 0.164 e. The number of aromatic nitrogens is 3. The lowest BCUT2D eigenvalue weighted by molar-refractivity contribution is 0.745. The van der Waals surface area contributed by atoms with Gasteiger partial charge in [0.05, 0.1) is 0 Å². The molecule has 0 saturated heterocycles. The Morgan fingerprint density at radius 3 is 2.94 bits per heavy atom. The molecule has 4 heteroatoms. The van der Waals surface area contributed by atoms with Crippen LogP contribution in [-0.2, 0) is 0 Å². The molecule has 0 bridgehead atoms. The molecule has 3 rings (SSSR count). The summed E-state index contributed by atoms with van der Waals surface area (Å²) in [7, 11) is 0. The first-order chi connectivity index (χ1) is 7.75. The molecule has 0 radical (unpaired) electrons. The largest absolute Gasteiger partial charge is 0.310 e. The minimum Gasteiger partial charge on any atom is -0.310 e. The van der Waals surface area contributed by atoms with Crippen LogP contribution in [0, 0.1) is 6.92 Å². The van der Waals surface area contributed by atoms with E-state index in [0.29, 0.717) is 6.04 Å². The van der Waals surface area contributed by atoms with Crippen molar-refractivity contribution in [2.45, 2.75) is 25.8 Å². The summed E-state index contributed by atoms with van der Waals surface area (Å²) in [6, 6.07) is 6.46. The van der Waals surface area contributed by atoms with Gasteiger partial charge in [0.25, 0.3) is 0 Å². The third kappa shape index (κ3) is 1.61. The average Bonchev–Trinajstić information content (AvgIpc) is 3.01. The molecule has 1 aliphatic rings. The van der Waals surface area contributed by atoms with E-state index >= 15 is 0 Å². The number of aryl methyl sites for hydroxylation is 1. The summed E-state index contributed by atoms with van der Waals surface area (Å²) in [5.41, 5.74) is 2.26. The van der Waals surface area contributed by atoms with Crippen molar-refractivity contribution in [2.75, 3.05) is 0 Å². The summed E-state index contributed by atoms with van der Waals surface area (Å²) in [6.07, 6.45) is 4.27. The van der Waals surface area contributed by atoms with Crippen molar-refractivity contribution in [3.05, 3.63) is 35.1 Å². The summed E-state index contributed by atoms with van der Waals surface area (Å²) in [4.78, 5) is 0. The lowest BCUT2D eigenvalue weighted by atomic mass is 10.1. The lowest BCUT2D eigenvalue weighted by Crippen LogP contribution is -1.97. The van der Waals surface area contributed by atoms with Crippen molar-refractivity contribution in [3.63, 3.8) is 0 Å². The van der Waals surface area contributed by atoms with Gasteiger partial charge in [-0.25, -0.2) is 0 Å². The highest BCUT2D eigenvalue weighted by atomic mass is 35.5. The van der Waals surface area contributed by atoms with E-state index in [-0.39, 0.29) is 0 Å². The van der Waals surface area contributed by atoms with Crippen molar-refractivity contribution in [1.29, 1.82) is 0 Å². The van der Waals surface area contributed by atoms with Crippen LogP contribution in [0.4, 0.5) is 0 Å². The van der Waals surface area contributed by atoms with Crippen molar-refractivity contribution < 1.29 is 0 Å². The number of nitrogens with zero attached hydrogens (tertiary/aromatic N) is 3. The number of halogens is 1. The summed E-state index contributed by atoms with van der Waals surface area (Å²) >= 11 is 6.02. The molecular formula is C12H12ClN3. The molecule has 1 aliphatic carbocycles. The van der Waals surface area contributed by atoms with E-state index in [4.69, 9.17) is 11.6 Å². The Hall–Kier alpha value is -1.35. The van der Waals surface area contributed by atoms with Gasteiger partial charge in [-0.15, -0.1) is 10.2 Å². The van der Waals surface area contributed by atoms with Crippen LogP contribution in [0.3, 0.4) is 0 Å². The Bertz CT molecular complexity index is 529. The molecule has 1 saturated carbocycles. The highest BCUT2D eigenvalue weighted by Gasteiger charge is 2.26. The van der Waals surface area contributed by atoms with Gasteiger partial charge < -0.3 is 4.57 Å². The Kier molecular flexibility index (Phi) is 2.21. The first-order valence-corrected chi connectivity index (χ1v) is 5.79. The van der Waals surface area contributed by atoms with E-state index in [1.165, 1.54) is 18.4 Å². The standard InChI is InChI=1S/C12H12ClN3/c1-8-2-3-9(13)6-11(8)12-15-14-7-16(12)10-4-5-10/h2-3,6-7,10H,4-5H2,1H3. The Morgan fingerprint density at radius 1 is 1.38 bits per heavy atom. The van der Waals surface area contributed by atoms with Gasteiger partial charge in [0.2, 0.25) is 0 Å². The van der Waals surface area contributed by atoms with E-state index in [1.807, 2.05) is 24.5 Å². The van der Waals surface area contributed by atoms with Crippen molar-refractivity contribution >= 4 is 11.6 Å². The molecule has 0 atom stereocenters. The average molecular weight is 234 g/mol. The van der Waals surface area contributed by atoms with Crippen molar-refractivity contribution in [2.24, 2.45) is 0 Å². The number of hydrogen-bond donors (Lipinski definition) is 0. The highest BCUT2D eigenvalue weighted by Crippen LogP contribution is 2.38. The summed E-state index contributed by atoms with van der Waals surface area (Å²) in [5, 5.41) is 8.95. The zero-order valence-electron chi connectivity index (χ0n) is 9.02. The van der Waals surface area contributed by atoms with E-state index in [0.717, 1.165) is 16.4 Å². The van der Waals surface area contributed by atoms with Gasteiger partial charge in [-0.3, -0.25) is 0 Å². The Labute approximate surface area is 99.1 Å². The predicted molar refractivity (Wildman–Crippen MR) is 63.5 cm³/mol. The minimum atomic E-state index is 0.586. The quantitative estimate of drug-likeness (QED) is 0.797. The molecule has 0 amide bonds. The Morgan fingerprint density at radius 2 is 2.19 bits per heavy atom. The van der Waals surface area contributed by atoms with E-state index < -0.39 is 0 Å². The van der Waals surface area contributed by atoms with Gasteiger partial charge >= 0.3 is 0 Å². The lowest BCUT2D eigenvalue weighted by Gasteiger charge is -2.07. The van der Waals surface area contributed by atoms with Crippen LogP contribution in [-0.4, -0.2) is 14.8 Å². The van der Waals surface area contributed by atoms with Crippen LogP contribution in [0.1, 0.15) is 24.4 Å². The van der Waals surface area contributed by atoms with E-state index in [1.54, 1.807) is 0 Å².